The summed E-state index contributed by atoms with van der Waals surface area (Å²) in [7, 11) is 1.73. The van der Waals surface area contributed by atoms with Crippen molar-refractivity contribution in [1.29, 1.82) is 0 Å². The fourth-order valence-corrected chi connectivity index (χ4v) is 6.47. The van der Waals surface area contributed by atoms with Gasteiger partial charge < -0.3 is 30.1 Å². The number of benzene rings is 1. The number of allylic oxidation sites excluding steroid dienone is 2. The first-order valence-electron chi connectivity index (χ1n) is 14.0. The van der Waals surface area contributed by atoms with Crippen LogP contribution in [0.25, 0.3) is 11.1 Å². The molecule has 0 atom stereocenters. The second-order valence-electron chi connectivity index (χ2n) is 10.9. The van der Waals surface area contributed by atoms with E-state index in [9.17, 15) is 14.7 Å². The molecule has 1 aliphatic carbocycles. The van der Waals surface area contributed by atoms with Gasteiger partial charge in [0, 0.05) is 79.8 Å². The zero-order valence-corrected chi connectivity index (χ0v) is 22.6. The number of hydrogen-bond donors (Lipinski definition) is 3. The smallest absolute Gasteiger partial charge is 0.274 e. The van der Waals surface area contributed by atoms with Gasteiger partial charge in [-0.15, -0.1) is 0 Å². The normalized spacial score (nSPS) is 18.4. The fourth-order valence-electron chi connectivity index (χ4n) is 6.47. The van der Waals surface area contributed by atoms with Crippen LogP contribution in [-0.2, 0) is 31.5 Å². The van der Waals surface area contributed by atoms with Gasteiger partial charge >= 0.3 is 0 Å². The molecule has 0 spiro atoms. The van der Waals surface area contributed by atoms with Crippen molar-refractivity contribution in [2.45, 2.75) is 45.4 Å². The van der Waals surface area contributed by atoms with Gasteiger partial charge in [0.25, 0.3) is 5.56 Å². The summed E-state index contributed by atoms with van der Waals surface area (Å²) >= 11 is 0. The van der Waals surface area contributed by atoms with E-state index in [0.717, 1.165) is 91.2 Å². The Morgan fingerprint density at radius 3 is 2.83 bits per heavy atom. The number of aliphatic hydroxyl groups is 1. The summed E-state index contributed by atoms with van der Waals surface area (Å²) in [4.78, 5) is 30.6. The molecule has 0 saturated heterocycles. The van der Waals surface area contributed by atoms with Gasteiger partial charge in [0.05, 0.1) is 18.8 Å². The van der Waals surface area contributed by atoms with Crippen molar-refractivity contribution >= 4 is 23.0 Å². The number of pyridine rings is 1. The number of Topliss-reactive ketones (excluding diaryl/α,β-unsaturated/α-hetero) is 1. The number of rotatable bonds is 5. The molecule has 3 N–H and O–H groups in total. The Morgan fingerprint density at radius 1 is 1.10 bits per heavy atom. The van der Waals surface area contributed by atoms with E-state index < -0.39 is 0 Å². The molecule has 10 heteroatoms. The molecule has 0 saturated carbocycles. The number of ketones is 1. The maximum Gasteiger partial charge on any atom is 0.274 e. The summed E-state index contributed by atoms with van der Waals surface area (Å²) in [6, 6.07) is 9.70. The molecule has 206 valence electrons. The lowest BCUT2D eigenvalue weighted by molar-refractivity contribution is -0.112. The van der Waals surface area contributed by atoms with Crippen molar-refractivity contribution in [3.8, 4) is 11.1 Å². The topological polar surface area (TPSA) is 108 Å². The van der Waals surface area contributed by atoms with Gasteiger partial charge in [-0.25, -0.2) is 0 Å². The number of hydrogen-bond acceptors (Lipinski definition) is 8. The minimum Gasteiger partial charge on any atom is -0.392 e. The Labute approximate surface area is 232 Å². The highest BCUT2D eigenvalue weighted by Gasteiger charge is 2.38. The van der Waals surface area contributed by atoms with E-state index >= 15 is 0 Å². The number of carbonyl (C=O) groups is 1. The summed E-state index contributed by atoms with van der Waals surface area (Å²) in [5.74, 6) is 0.776. The molecule has 4 aliphatic rings. The zero-order valence-electron chi connectivity index (χ0n) is 22.6. The third-order valence-corrected chi connectivity index (χ3v) is 8.45. The molecule has 40 heavy (non-hydrogen) atoms. The first kappa shape index (κ1) is 24.9. The molecular weight excluding hydrogens is 506 g/mol. The van der Waals surface area contributed by atoms with Crippen LogP contribution >= 0.6 is 0 Å². The van der Waals surface area contributed by atoms with Crippen LogP contribution in [0.3, 0.4) is 0 Å². The molecule has 0 unspecified atom stereocenters. The summed E-state index contributed by atoms with van der Waals surface area (Å²) in [6.07, 6.45) is 7.78. The lowest BCUT2D eigenvalue weighted by atomic mass is 9.96. The molecule has 0 fully saturated rings. The molecule has 3 aliphatic heterocycles. The van der Waals surface area contributed by atoms with Crippen LogP contribution in [0.2, 0.25) is 0 Å². The van der Waals surface area contributed by atoms with E-state index in [2.05, 4.69) is 25.5 Å². The van der Waals surface area contributed by atoms with Crippen LogP contribution in [0.4, 0.5) is 17.2 Å². The van der Waals surface area contributed by atoms with Gasteiger partial charge in [-0.05, 0) is 43.4 Å². The molecule has 7 rings (SSSR count). The van der Waals surface area contributed by atoms with Crippen LogP contribution < -0.4 is 21.1 Å². The third-order valence-electron chi connectivity index (χ3n) is 8.45. The molecule has 0 radical (unpaired) electrons. The van der Waals surface area contributed by atoms with Crippen LogP contribution in [0.15, 0.2) is 64.5 Å². The summed E-state index contributed by atoms with van der Waals surface area (Å²) < 4.78 is 3.51. The van der Waals surface area contributed by atoms with Gasteiger partial charge in [-0.3, -0.25) is 14.3 Å². The Hall–Kier alpha value is -4.15. The van der Waals surface area contributed by atoms with Crippen molar-refractivity contribution in [2.24, 2.45) is 7.05 Å². The van der Waals surface area contributed by atoms with Gasteiger partial charge in [-0.2, -0.15) is 5.10 Å². The van der Waals surface area contributed by atoms with E-state index in [0.29, 0.717) is 18.1 Å². The van der Waals surface area contributed by atoms with Crippen LogP contribution in [0, 0.1) is 0 Å². The molecule has 10 nitrogen and oxygen atoms in total. The van der Waals surface area contributed by atoms with Gasteiger partial charge in [0.1, 0.15) is 11.4 Å². The van der Waals surface area contributed by atoms with Crippen molar-refractivity contribution in [1.82, 2.24) is 24.6 Å². The quantitative estimate of drug-likeness (QED) is 0.454. The first-order valence-corrected chi connectivity index (χ1v) is 14.0. The van der Waals surface area contributed by atoms with Crippen molar-refractivity contribution in [3.05, 3.63) is 81.3 Å². The van der Waals surface area contributed by atoms with E-state index in [1.165, 1.54) is 5.70 Å². The molecule has 5 heterocycles. The van der Waals surface area contributed by atoms with Crippen molar-refractivity contribution in [3.63, 3.8) is 0 Å². The van der Waals surface area contributed by atoms with E-state index in [-0.39, 0.29) is 17.9 Å². The number of nitrogens with one attached hydrogen (secondary N) is 2. The van der Waals surface area contributed by atoms with Crippen LogP contribution in [0.1, 0.15) is 36.9 Å². The number of carbonyl (C=O) groups excluding carboxylic acids is 1. The lowest BCUT2D eigenvalue weighted by Gasteiger charge is -2.35. The van der Waals surface area contributed by atoms with E-state index in [1.807, 2.05) is 41.2 Å². The largest absolute Gasteiger partial charge is 0.392 e. The number of aliphatic hydroxyl groups excluding tert-OH is 1. The second kappa shape index (κ2) is 9.79. The minimum atomic E-state index is -0.177. The average Bonchev–Trinajstić information content (AvgIpc) is 3.52. The SMILES string of the molecule is Cn1cc(-c2cccc(N3C=C4C(=O)C5=C(CCCC5)N4CC3)c2CO)cc(Nc2cc3n(n2)CCNC3)c1=O. The van der Waals surface area contributed by atoms with Crippen LogP contribution in [0.5, 0.6) is 0 Å². The molecule has 2 aromatic heterocycles. The maximum atomic E-state index is 13.2. The molecule has 1 aromatic carbocycles. The third kappa shape index (κ3) is 4.06. The molecule has 0 bridgehead atoms. The van der Waals surface area contributed by atoms with Gasteiger partial charge in [0.15, 0.2) is 5.82 Å². The summed E-state index contributed by atoms with van der Waals surface area (Å²) in [5.41, 5.74) is 7.51. The Morgan fingerprint density at radius 2 is 1.98 bits per heavy atom. The number of anilines is 3. The molecule has 3 aromatic rings. The zero-order chi connectivity index (χ0) is 27.4. The number of aryl methyl sites for hydroxylation is 1. The standard InChI is InChI=1S/C30H33N7O3/c1-34-16-19(13-24(30(34)40)32-28-14-20-15-31-9-10-37(20)33-28)21-6-4-8-25(23(21)18-38)35-11-12-36-26-7-3-2-5-22(26)29(39)27(36)17-35/h4,6,8,13-14,16-17,31,38H,2-3,5,7,9-12,15,18H2,1H3,(H,32,33). The van der Waals surface area contributed by atoms with Crippen molar-refractivity contribution in [2.75, 3.05) is 29.9 Å². The summed E-state index contributed by atoms with van der Waals surface area (Å²) in [5, 5.41) is 21.8. The van der Waals surface area contributed by atoms with Gasteiger partial charge in [0.2, 0.25) is 5.78 Å². The number of fused-ring (bicyclic) bond motifs is 3. The Balaban J connectivity index is 1.23. The molecular formula is C30H33N7O3. The van der Waals surface area contributed by atoms with Crippen molar-refractivity contribution < 1.29 is 9.90 Å². The maximum absolute atomic E-state index is 13.2. The molecule has 0 amide bonds. The predicted octanol–water partition coefficient (Wildman–Crippen LogP) is 2.96. The summed E-state index contributed by atoms with van der Waals surface area (Å²) in [6.45, 7) is 3.67. The van der Waals surface area contributed by atoms with E-state index in [4.69, 9.17) is 0 Å². The van der Waals surface area contributed by atoms with Gasteiger partial charge in [-0.1, -0.05) is 12.1 Å². The first-order chi connectivity index (χ1) is 19.5. The number of aromatic nitrogens is 3. The Kier molecular flexibility index (Phi) is 6.09. The lowest BCUT2D eigenvalue weighted by Crippen LogP contribution is -2.37. The number of nitrogens with zero attached hydrogens (tertiary/aromatic N) is 5. The van der Waals surface area contributed by atoms with E-state index in [1.54, 1.807) is 17.8 Å². The highest BCUT2D eigenvalue weighted by molar-refractivity contribution is 6.11. The monoisotopic (exact) mass is 539 g/mol. The Bertz CT molecular complexity index is 1620. The average molecular weight is 540 g/mol. The van der Waals surface area contributed by atoms with Crippen LogP contribution in [-0.4, -0.2) is 49.8 Å². The fraction of sp³-hybridized carbons (Fsp3) is 0.367. The second-order valence-corrected chi connectivity index (χ2v) is 10.9. The highest BCUT2D eigenvalue weighted by Crippen LogP contribution is 2.41. The minimum absolute atomic E-state index is 0.145. The predicted molar refractivity (Wildman–Crippen MR) is 153 cm³/mol. The highest BCUT2D eigenvalue weighted by atomic mass is 16.3.